The number of hydrogen-bond donors (Lipinski definition) is 2. The van der Waals surface area contributed by atoms with Gasteiger partial charge in [-0.15, -0.1) is 12.4 Å². The molecule has 0 aliphatic carbocycles. The summed E-state index contributed by atoms with van der Waals surface area (Å²) in [5.74, 6) is 0.0326. The highest BCUT2D eigenvalue weighted by atomic mass is 35.5. The number of halogens is 1. The number of amides is 1. The van der Waals surface area contributed by atoms with Crippen molar-refractivity contribution in [1.82, 2.24) is 30.2 Å². The van der Waals surface area contributed by atoms with Crippen LogP contribution in [0.15, 0.2) is 61.2 Å². The van der Waals surface area contributed by atoms with Gasteiger partial charge >= 0.3 is 0 Å². The first-order chi connectivity index (χ1) is 13.3. The van der Waals surface area contributed by atoms with E-state index in [0.717, 1.165) is 43.6 Å². The minimum atomic E-state index is -0.610. The van der Waals surface area contributed by atoms with Gasteiger partial charge in [-0.05, 0) is 49.2 Å². The van der Waals surface area contributed by atoms with Crippen LogP contribution in [0, 0.1) is 0 Å². The fourth-order valence-electron chi connectivity index (χ4n) is 3.69. The summed E-state index contributed by atoms with van der Waals surface area (Å²) in [6.45, 7) is 2.85. The van der Waals surface area contributed by atoms with Crippen LogP contribution in [0.5, 0.6) is 0 Å². The van der Waals surface area contributed by atoms with E-state index in [4.69, 9.17) is 0 Å². The minimum Gasteiger partial charge on any atom is -0.350 e. The summed E-state index contributed by atoms with van der Waals surface area (Å²) in [5, 5.41) is 15.1. The fourth-order valence-corrected chi connectivity index (χ4v) is 3.69. The Labute approximate surface area is 170 Å². The second-order valence-electron chi connectivity index (χ2n) is 6.94. The summed E-state index contributed by atoms with van der Waals surface area (Å²) in [4.78, 5) is 13.1. The molecule has 1 amide bonds. The lowest BCUT2D eigenvalue weighted by Gasteiger charge is -2.36. The molecule has 2 aromatic heterocycles. The van der Waals surface area contributed by atoms with Crippen molar-refractivity contribution in [2.75, 3.05) is 13.1 Å². The van der Waals surface area contributed by atoms with Gasteiger partial charge in [0.05, 0.1) is 6.54 Å². The lowest BCUT2D eigenvalue weighted by molar-refractivity contribution is -0.132. The van der Waals surface area contributed by atoms with Crippen molar-refractivity contribution in [1.29, 1.82) is 0 Å². The first kappa shape index (κ1) is 20.1. The Morgan fingerprint density at radius 3 is 2.54 bits per heavy atom. The predicted molar refractivity (Wildman–Crippen MR) is 109 cm³/mol. The van der Waals surface area contributed by atoms with Crippen LogP contribution in [0.4, 0.5) is 0 Å². The van der Waals surface area contributed by atoms with Gasteiger partial charge in [0.1, 0.15) is 5.54 Å². The van der Waals surface area contributed by atoms with Gasteiger partial charge in [-0.25, -0.2) is 0 Å². The zero-order valence-corrected chi connectivity index (χ0v) is 16.4. The van der Waals surface area contributed by atoms with E-state index in [1.165, 1.54) is 0 Å². The van der Waals surface area contributed by atoms with Crippen molar-refractivity contribution in [3.05, 3.63) is 72.3 Å². The molecule has 1 aromatic carbocycles. The lowest BCUT2D eigenvalue weighted by atomic mass is 9.87. The van der Waals surface area contributed by atoms with E-state index in [2.05, 4.69) is 33.0 Å². The van der Waals surface area contributed by atoms with Crippen LogP contribution in [-0.2, 0) is 23.4 Å². The summed E-state index contributed by atoms with van der Waals surface area (Å²) >= 11 is 0. The Morgan fingerprint density at radius 2 is 1.82 bits per heavy atom. The van der Waals surface area contributed by atoms with Gasteiger partial charge in [0, 0.05) is 31.3 Å². The molecule has 1 saturated heterocycles. The maximum absolute atomic E-state index is 13.1. The van der Waals surface area contributed by atoms with Crippen molar-refractivity contribution in [3.8, 4) is 0 Å². The summed E-state index contributed by atoms with van der Waals surface area (Å²) in [6.07, 6.45) is 8.81. The molecule has 0 bridgehead atoms. The monoisotopic (exact) mass is 400 g/mol. The summed E-state index contributed by atoms with van der Waals surface area (Å²) in [7, 11) is 0. The van der Waals surface area contributed by atoms with Gasteiger partial charge in [-0.3, -0.25) is 14.2 Å². The Bertz CT molecular complexity index is 872. The minimum absolute atomic E-state index is 0. The normalized spacial score (nSPS) is 15.6. The van der Waals surface area contributed by atoms with E-state index in [0.29, 0.717) is 6.54 Å². The summed E-state index contributed by atoms with van der Waals surface area (Å²) < 4.78 is 3.71. The molecule has 1 aliphatic heterocycles. The van der Waals surface area contributed by atoms with Gasteiger partial charge < -0.3 is 10.6 Å². The molecule has 3 aromatic rings. The third kappa shape index (κ3) is 4.26. The van der Waals surface area contributed by atoms with Crippen molar-refractivity contribution >= 4 is 18.3 Å². The van der Waals surface area contributed by atoms with Crippen molar-refractivity contribution in [3.63, 3.8) is 0 Å². The second-order valence-corrected chi connectivity index (χ2v) is 6.94. The average Bonchev–Trinajstić information content (AvgIpc) is 3.41. The fraction of sp³-hybridized carbons (Fsp3) is 0.350. The van der Waals surface area contributed by atoms with Gasteiger partial charge in [-0.2, -0.15) is 10.2 Å². The van der Waals surface area contributed by atoms with Gasteiger partial charge in [0.25, 0.3) is 0 Å². The highest BCUT2D eigenvalue weighted by Crippen LogP contribution is 2.27. The van der Waals surface area contributed by atoms with E-state index >= 15 is 0 Å². The highest BCUT2D eigenvalue weighted by molar-refractivity contribution is 5.85. The van der Waals surface area contributed by atoms with Crippen LogP contribution in [-0.4, -0.2) is 38.6 Å². The highest BCUT2D eigenvalue weighted by Gasteiger charge is 2.41. The molecule has 3 heterocycles. The Morgan fingerprint density at radius 1 is 1.07 bits per heavy atom. The maximum Gasteiger partial charge on any atom is 0.248 e. The average molecular weight is 401 g/mol. The molecule has 0 saturated carbocycles. The number of carbonyl (C=O) groups excluding carboxylic acids is 1. The Hall–Kier alpha value is -2.64. The zero-order valence-electron chi connectivity index (χ0n) is 15.6. The molecule has 148 valence electrons. The van der Waals surface area contributed by atoms with Crippen molar-refractivity contribution < 1.29 is 4.79 Å². The van der Waals surface area contributed by atoms with Crippen molar-refractivity contribution in [2.45, 2.75) is 31.5 Å². The maximum atomic E-state index is 13.1. The molecule has 0 radical (unpaired) electrons. The topological polar surface area (TPSA) is 76.8 Å². The number of nitrogens with one attached hydrogen (secondary N) is 2. The number of rotatable bonds is 6. The molecule has 0 spiro atoms. The number of piperidine rings is 1. The second kappa shape index (κ2) is 9.03. The van der Waals surface area contributed by atoms with Crippen LogP contribution < -0.4 is 10.6 Å². The smallest absolute Gasteiger partial charge is 0.248 e. The first-order valence-corrected chi connectivity index (χ1v) is 9.31. The van der Waals surface area contributed by atoms with Gasteiger partial charge in [0.15, 0.2) is 0 Å². The lowest BCUT2D eigenvalue weighted by Crippen LogP contribution is -2.54. The summed E-state index contributed by atoms with van der Waals surface area (Å²) in [5.41, 5.74) is 1.63. The summed E-state index contributed by atoms with van der Waals surface area (Å²) in [6, 6.07) is 12.0. The first-order valence-electron chi connectivity index (χ1n) is 9.31. The van der Waals surface area contributed by atoms with Gasteiger partial charge in [0.2, 0.25) is 5.91 Å². The van der Waals surface area contributed by atoms with Crippen LogP contribution in [0.25, 0.3) is 0 Å². The molecule has 8 heteroatoms. The van der Waals surface area contributed by atoms with E-state index in [1.807, 2.05) is 46.0 Å². The zero-order chi connectivity index (χ0) is 18.5. The van der Waals surface area contributed by atoms with Crippen LogP contribution in [0.3, 0.4) is 0 Å². The van der Waals surface area contributed by atoms with E-state index in [-0.39, 0.29) is 18.3 Å². The van der Waals surface area contributed by atoms with Crippen LogP contribution in [0.2, 0.25) is 0 Å². The molecule has 0 atom stereocenters. The Kier molecular flexibility index (Phi) is 6.49. The quantitative estimate of drug-likeness (QED) is 0.663. The van der Waals surface area contributed by atoms with Crippen LogP contribution >= 0.6 is 12.4 Å². The third-order valence-electron chi connectivity index (χ3n) is 5.14. The molecule has 1 aliphatic rings. The van der Waals surface area contributed by atoms with Gasteiger partial charge in [-0.1, -0.05) is 24.3 Å². The van der Waals surface area contributed by atoms with E-state index < -0.39 is 5.54 Å². The molecule has 28 heavy (non-hydrogen) atoms. The Balaban J connectivity index is 0.00000225. The molecule has 2 N–H and O–H groups in total. The van der Waals surface area contributed by atoms with Crippen LogP contribution in [0.1, 0.15) is 24.0 Å². The van der Waals surface area contributed by atoms with Crippen molar-refractivity contribution in [2.24, 2.45) is 0 Å². The molecule has 1 fully saturated rings. The third-order valence-corrected chi connectivity index (χ3v) is 5.14. The standard InChI is InChI=1S/C20H24N6O.ClH/c27-19(20(6-10-21-11-7-20)26-13-3-9-24-26)22-15-17-4-1-5-18(14-17)16-25-12-2-8-23-25;/h1-5,8-9,12-14,21H,6-7,10-11,15-16H2,(H,22,27);1H. The number of aromatic nitrogens is 4. The molecule has 4 rings (SSSR count). The number of hydrogen-bond acceptors (Lipinski definition) is 4. The number of benzene rings is 1. The van der Waals surface area contributed by atoms with E-state index in [9.17, 15) is 4.79 Å². The number of carbonyl (C=O) groups is 1. The molecular weight excluding hydrogens is 376 g/mol. The predicted octanol–water partition coefficient (Wildman–Crippen LogP) is 1.94. The SMILES string of the molecule is Cl.O=C(NCc1cccc(Cn2cccn2)c1)C1(n2cccn2)CCNCC1. The number of nitrogens with zero attached hydrogens (tertiary/aromatic N) is 4. The molecule has 7 nitrogen and oxygen atoms in total. The molecular formula is C20H25ClN6O. The largest absolute Gasteiger partial charge is 0.350 e. The van der Waals surface area contributed by atoms with E-state index in [1.54, 1.807) is 12.4 Å². The molecule has 0 unspecified atom stereocenters.